The third-order valence-corrected chi connectivity index (χ3v) is 2.58. The zero-order valence-electron chi connectivity index (χ0n) is 10.0. The Bertz CT molecular complexity index is 216. The first-order chi connectivity index (χ1) is 7.18. The molecule has 96 valence electrons. The maximum absolute atomic E-state index is 12.8. The molecule has 16 heavy (non-hydrogen) atoms. The molecule has 0 radical (unpaired) electrons. The minimum absolute atomic E-state index is 0.0903. The molecule has 0 saturated carbocycles. The Kier molecular flexibility index (Phi) is 4.23. The van der Waals surface area contributed by atoms with Gasteiger partial charge in [-0.2, -0.15) is 13.2 Å². The Labute approximate surface area is 94.5 Å². The maximum atomic E-state index is 12.8. The molecule has 1 fully saturated rings. The fourth-order valence-electron chi connectivity index (χ4n) is 1.83. The van der Waals surface area contributed by atoms with Crippen LogP contribution < -0.4 is 5.32 Å². The van der Waals surface area contributed by atoms with Gasteiger partial charge in [0.05, 0.1) is 6.61 Å². The molecule has 0 bridgehead atoms. The Balaban J connectivity index is 2.57. The Morgan fingerprint density at radius 2 is 1.94 bits per heavy atom. The molecule has 0 aliphatic carbocycles. The van der Waals surface area contributed by atoms with Gasteiger partial charge in [-0.15, -0.1) is 0 Å². The summed E-state index contributed by atoms with van der Waals surface area (Å²) >= 11 is 0. The largest absolute Gasteiger partial charge is 0.403 e. The van der Waals surface area contributed by atoms with Crippen molar-refractivity contribution < 1.29 is 17.9 Å². The lowest BCUT2D eigenvalue weighted by Crippen LogP contribution is -2.49. The van der Waals surface area contributed by atoms with Crippen LogP contribution in [0.5, 0.6) is 0 Å². The summed E-state index contributed by atoms with van der Waals surface area (Å²) in [5, 5.41) is 2.66. The average molecular weight is 239 g/mol. The highest BCUT2D eigenvalue weighted by molar-refractivity contribution is 4.85. The van der Waals surface area contributed by atoms with Gasteiger partial charge in [0.1, 0.15) is 6.04 Å². The fourth-order valence-corrected chi connectivity index (χ4v) is 1.83. The number of rotatable bonds is 3. The van der Waals surface area contributed by atoms with Gasteiger partial charge in [0, 0.05) is 12.6 Å². The van der Waals surface area contributed by atoms with Gasteiger partial charge in [-0.25, -0.2) is 0 Å². The van der Waals surface area contributed by atoms with Gasteiger partial charge >= 0.3 is 6.18 Å². The fraction of sp³-hybridized carbons (Fsp3) is 1.00. The SMILES string of the molecule is CC(C)(C)CC(NC1CCOC1)C(F)(F)F. The summed E-state index contributed by atoms with van der Waals surface area (Å²) in [5.41, 5.74) is -0.341. The lowest BCUT2D eigenvalue weighted by molar-refractivity contribution is -0.164. The summed E-state index contributed by atoms with van der Waals surface area (Å²) in [5.74, 6) is 0. The number of hydrogen-bond donors (Lipinski definition) is 1. The first kappa shape index (κ1) is 13.8. The van der Waals surface area contributed by atoms with Crippen LogP contribution in [0.25, 0.3) is 0 Å². The van der Waals surface area contributed by atoms with E-state index in [-0.39, 0.29) is 17.9 Å². The number of halogens is 3. The predicted octanol–water partition coefficient (Wildman–Crippen LogP) is 2.73. The first-order valence-electron chi connectivity index (χ1n) is 5.59. The molecule has 1 N–H and O–H groups in total. The summed E-state index contributed by atoms with van der Waals surface area (Å²) in [4.78, 5) is 0. The summed E-state index contributed by atoms with van der Waals surface area (Å²) in [7, 11) is 0. The van der Waals surface area contributed by atoms with Gasteiger partial charge in [0.2, 0.25) is 0 Å². The normalized spacial score (nSPS) is 24.8. The Morgan fingerprint density at radius 3 is 2.31 bits per heavy atom. The summed E-state index contributed by atoms with van der Waals surface area (Å²) < 4.78 is 43.5. The highest BCUT2D eigenvalue weighted by atomic mass is 19.4. The minimum atomic E-state index is -4.18. The van der Waals surface area contributed by atoms with E-state index >= 15 is 0 Å². The van der Waals surface area contributed by atoms with Crippen LogP contribution in [0, 0.1) is 5.41 Å². The second kappa shape index (κ2) is 4.92. The quantitative estimate of drug-likeness (QED) is 0.817. The van der Waals surface area contributed by atoms with Crippen LogP contribution in [-0.4, -0.2) is 31.5 Å². The van der Waals surface area contributed by atoms with Crippen molar-refractivity contribution in [2.75, 3.05) is 13.2 Å². The van der Waals surface area contributed by atoms with E-state index in [2.05, 4.69) is 5.32 Å². The van der Waals surface area contributed by atoms with Gasteiger partial charge in [0.15, 0.2) is 0 Å². The third-order valence-electron chi connectivity index (χ3n) is 2.58. The van der Waals surface area contributed by atoms with Gasteiger partial charge in [-0.05, 0) is 18.3 Å². The molecule has 1 aliphatic rings. The molecule has 0 aromatic carbocycles. The van der Waals surface area contributed by atoms with E-state index in [0.29, 0.717) is 19.6 Å². The summed E-state index contributed by atoms with van der Waals surface area (Å²) in [6.45, 7) is 6.39. The van der Waals surface area contributed by atoms with Crippen molar-refractivity contribution in [1.82, 2.24) is 5.32 Å². The molecule has 1 heterocycles. The van der Waals surface area contributed by atoms with Crippen molar-refractivity contribution in [3.63, 3.8) is 0 Å². The Morgan fingerprint density at radius 1 is 1.31 bits per heavy atom. The van der Waals surface area contributed by atoms with E-state index in [9.17, 15) is 13.2 Å². The minimum Gasteiger partial charge on any atom is -0.380 e. The average Bonchev–Trinajstić information content (AvgIpc) is 2.51. The number of hydrogen-bond acceptors (Lipinski definition) is 2. The van der Waals surface area contributed by atoms with Crippen molar-refractivity contribution in [3.8, 4) is 0 Å². The lowest BCUT2D eigenvalue weighted by Gasteiger charge is -2.30. The molecule has 0 spiro atoms. The molecular formula is C11H20F3NO. The second-order valence-corrected chi connectivity index (χ2v) is 5.59. The molecule has 0 aromatic heterocycles. The zero-order valence-corrected chi connectivity index (χ0v) is 10.0. The smallest absolute Gasteiger partial charge is 0.380 e. The molecule has 1 rings (SSSR count). The van der Waals surface area contributed by atoms with Crippen LogP contribution in [0.4, 0.5) is 13.2 Å². The summed E-state index contributed by atoms with van der Waals surface area (Å²) in [6.07, 6.45) is -3.43. The first-order valence-corrected chi connectivity index (χ1v) is 5.59. The maximum Gasteiger partial charge on any atom is 0.403 e. The predicted molar refractivity (Wildman–Crippen MR) is 56.3 cm³/mol. The van der Waals surface area contributed by atoms with E-state index in [1.54, 1.807) is 0 Å². The highest BCUT2D eigenvalue weighted by Crippen LogP contribution is 2.31. The van der Waals surface area contributed by atoms with Gasteiger partial charge in [0.25, 0.3) is 0 Å². The molecular weight excluding hydrogens is 219 g/mol. The number of nitrogens with one attached hydrogen (secondary N) is 1. The number of ether oxygens (including phenoxy) is 1. The van der Waals surface area contributed by atoms with Crippen molar-refractivity contribution in [1.29, 1.82) is 0 Å². The molecule has 5 heteroatoms. The van der Waals surface area contributed by atoms with Crippen LogP contribution in [0.2, 0.25) is 0 Å². The number of alkyl halides is 3. The summed E-state index contributed by atoms with van der Waals surface area (Å²) in [6, 6.07) is -1.59. The van der Waals surface area contributed by atoms with Crippen molar-refractivity contribution in [2.24, 2.45) is 5.41 Å². The third kappa shape index (κ3) is 4.70. The van der Waals surface area contributed by atoms with E-state index in [0.717, 1.165) is 0 Å². The Hall–Kier alpha value is -0.290. The zero-order chi connectivity index (χ0) is 12.4. The molecule has 0 amide bonds. The standard InChI is InChI=1S/C11H20F3NO/c1-10(2,3)6-9(11(12,13)14)15-8-4-5-16-7-8/h8-9,15H,4-7H2,1-3H3. The van der Waals surface area contributed by atoms with E-state index < -0.39 is 12.2 Å². The van der Waals surface area contributed by atoms with Crippen LogP contribution in [-0.2, 0) is 4.74 Å². The van der Waals surface area contributed by atoms with E-state index in [1.807, 2.05) is 20.8 Å². The van der Waals surface area contributed by atoms with Crippen LogP contribution in [0.3, 0.4) is 0 Å². The van der Waals surface area contributed by atoms with Gasteiger partial charge < -0.3 is 10.1 Å². The second-order valence-electron chi connectivity index (χ2n) is 5.59. The van der Waals surface area contributed by atoms with Gasteiger partial charge in [-0.3, -0.25) is 0 Å². The molecule has 2 nitrogen and oxygen atoms in total. The molecule has 2 atom stereocenters. The van der Waals surface area contributed by atoms with Crippen LogP contribution >= 0.6 is 0 Å². The lowest BCUT2D eigenvalue weighted by atomic mass is 9.87. The van der Waals surface area contributed by atoms with Crippen LogP contribution in [0.15, 0.2) is 0 Å². The van der Waals surface area contributed by atoms with E-state index in [1.165, 1.54) is 0 Å². The van der Waals surface area contributed by atoms with E-state index in [4.69, 9.17) is 4.74 Å². The van der Waals surface area contributed by atoms with Gasteiger partial charge in [-0.1, -0.05) is 20.8 Å². The molecule has 1 saturated heterocycles. The van der Waals surface area contributed by atoms with Crippen molar-refractivity contribution >= 4 is 0 Å². The molecule has 0 aromatic rings. The highest BCUT2D eigenvalue weighted by Gasteiger charge is 2.42. The monoisotopic (exact) mass is 239 g/mol. The topological polar surface area (TPSA) is 21.3 Å². The molecule has 1 aliphatic heterocycles. The van der Waals surface area contributed by atoms with Crippen LogP contribution in [0.1, 0.15) is 33.6 Å². The van der Waals surface area contributed by atoms with Crippen molar-refractivity contribution in [3.05, 3.63) is 0 Å². The molecule has 2 unspecified atom stereocenters. The van der Waals surface area contributed by atoms with Crippen molar-refractivity contribution in [2.45, 2.75) is 51.9 Å².